The van der Waals surface area contributed by atoms with E-state index in [1.807, 2.05) is 11.8 Å². The van der Waals surface area contributed by atoms with E-state index in [0.29, 0.717) is 6.04 Å². The van der Waals surface area contributed by atoms with Crippen molar-refractivity contribution >= 4 is 5.97 Å². The van der Waals surface area contributed by atoms with E-state index < -0.39 is 5.97 Å². The van der Waals surface area contributed by atoms with Gasteiger partial charge in [0.15, 0.2) is 0 Å². The van der Waals surface area contributed by atoms with Gasteiger partial charge in [-0.3, -0.25) is 14.6 Å². The summed E-state index contributed by atoms with van der Waals surface area (Å²) in [6.45, 7) is 10.9. The highest BCUT2D eigenvalue weighted by Gasteiger charge is 2.26. The zero-order valence-electron chi connectivity index (χ0n) is 11.1. The largest absolute Gasteiger partial charge is 0.480 e. The lowest BCUT2D eigenvalue weighted by Gasteiger charge is -2.39. The molecule has 0 amide bonds. The number of carboxylic acids is 1. The minimum Gasteiger partial charge on any atom is -0.480 e. The molecule has 0 aromatic rings. The normalized spacial score (nSPS) is 22.3. The second kappa shape index (κ2) is 6.93. The third-order valence-electron chi connectivity index (χ3n) is 3.44. The van der Waals surface area contributed by atoms with Gasteiger partial charge in [-0.2, -0.15) is 0 Å². The molecule has 0 aliphatic carbocycles. The van der Waals surface area contributed by atoms with Crippen molar-refractivity contribution in [1.82, 2.24) is 9.80 Å². The van der Waals surface area contributed by atoms with E-state index >= 15 is 0 Å². The highest BCUT2D eigenvalue weighted by atomic mass is 16.5. The highest BCUT2D eigenvalue weighted by molar-refractivity contribution is 5.72. The SMILES string of the molecule is CCOCC(C)N1CCN(C(C)C(=O)O)CC1. The minimum absolute atomic E-state index is 0.376. The van der Waals surface area contributed by atoms with Crippen molar-refractivity contribution in [2.45, 2.75) is 32.9 Å². The fourth-order valence-electron chi connectivity index (χ4n) is 2.12. The van der Waals surface area contributed by atoms with E-state index in [9.17, 15) is 4.79 Å². The van der Waals surface area contributed by atoms with Crippen LogP contribution in [0.5, 0.6) is 0 Å². The molecule has 1 aliphatic rings. The number of hydrogen-bond acceptors (Lipinski definition) is 4. The van der Waals surface area contributed by atoms with Gasteiger partial charge in [0.25, 0.3) is 0 Å². The van der Waals surface area contributed by atoms with E-state index in [-0.39, 0.29) is 6.04 Å². The Bertz CT molecular complexity index is 240. The third-order valence-corrected chi connectivity index (χ3v) is 3.44. The predicted molar refractivity (Wildman–Crippen MR) is 66.2 cm³/mol. The van der Waals surface area contributed by atoms with Crippen molar-refractivity contribution in [2.24, 2.45) is 0 Å². The van der Waals surface area contributed by atoms with Gasteiger partial charge in [0, 0.05) is 38.8 Å². The van der Waals surface area contributed by atoms with Crippen LogP contribution in [0.1, 0.15) is 20.8 Å². The Kier molecular flexibility index (Phi) is 5.88. The van der Waals surface area contributed by atoms with Crippen LogP contribution < -0.4 is 0 Å². The molecule has 100 valence electrons. The Labute approximate surface area is 103 Å². The lowest BCUT2D eigenvalue weighted by Crippen LogP contribution is -2.54. The van der Waals surface area contributed by atoms with Crippen LogP contribution in [0.2, 0.25) is 0 Å². The average Bonchev–Trinajstić information content (AvgIpc) is 2.35. The van der Waals surface area contributed by atoms with Crippen LogP contribution in [0, 0.1) is 0 Å². The molecule has 0 aromatic heterocycles. The molecule has 1 saturated heterocycles. The molecule has 0 bridgehead atoms. The van der Waals surface area contributed by atoms with Gasteiger partial charge in [0.2, 0.25) is 0 Å². The molecule has 1 heterocycles. The molecular weight excluding hydrogens is 220 g/mol. The number of rotatable bonds is 6. The maximum absolute atomic E-state index is 10.9. The monoisotopic (exact) mass is 244 g/mol. The summed E-state index contributed by atoms with van der Waals surface area (Å²) in [5.74, 6) is -0.735. The zero-order valence-corrected chi connectivity index (χ0v) is 11.1. The molecule has 0 spiro atoms. The summed E-state index contributed by atoms with van der Waals surface area (Å²) in [5.41, 5.74) is 0. The standard InChI is InChI=1S/C12H24N2O3/c1-4-17-9-10(2)13-5-7-14(8-6-13)11(3)12(15)16/h10-11H,4-9H2,1-3H3,(H,15,16). The first-order valence-electron chi connectivity index (χ1n) is 6.35. The second-order valence-corrected chi connectivity index (χ2v) is 4.59. The van der Waals surface area contributed by atoms with Gasteiger partial charge >= 0.3 is 5.97 Å². The topological polar surface area (TPSA) is 53.0 Å². The maximum atomic E-state index is 10.9. The van der Waals surface area contributed by atoms with Crippen LogP contribution in [-0.2, 0) is 9.53 Å². The van der Waals surface area contributed by atoms with Crippen molar-refractivity contribution in [3.63, 3.8) is 0 Å². The molecule has 1 N–H and O–H groups in total. The van der Waals surface area contributed by atoms with Crippen LogP contribution in [0.3, 0.4) is 0 Å². The van der Waals surface area contributed by atoms with Crippen LogP contribution in [0.25, 0.3) is 0 Å². The van der Waals surface area contributed by atoms with Crippen molar-refractivity contribution in [2.75, 3.05) is 39.4 Å². The van der Waals surface area contributed by atoms with E-state index in [0.717, 1.165) is 39.4 Å². The Morgan fingerprint density at radius 3 is 2.24 bits per heavy atom. The van der Waals surface area contributed by atoms with Gasteiger partial charge in [0.1, 0.15) is 6.04 Å². The van der Waals surface area contributed by atoms with Gasteiger partial charge in [-0.15, -0.1) is 0 Å². The molecule has 0 saturated carbocycles. The first-order valence-corrected chi connectivity index (χ1v) is 6.35. The molecule has 5 heteroatoms. The molecule has 0 aromatic carbocycles. The van der Waals surface area contributed by atoms with Crippen molar-refractivity contribution in [3.05, 3.63) is 0 Å². The number of ether oxygens (including phenoxy) is 1. The number of hydrogen-bond donors (Lipinski definition) is 1. The van der Waals surface area contributed by atoms with Crippen molar-refractivity contribution in [3.8, 4) is 0 Å². The lowest BCUT2D eigenvalue weighted by atomic mass is 10.2. The minimum atomic E-state index is -0.735. The average molecular weight is 244 g/mol. The van der Waals surface area contributed by atoms with E-state index in [4.69, 9.17) is 9.84 Å². The summed E-state index contributed by atoms with van der Waals surface area (Å²) in [6.07, 6.45) is 0. The Morgan fingerprint density at radius 1 is 1.24 bits per heavy atom. The van der Waals surface area contributed by atoms with Crippen LogP contribution >= 0.6 is 0 Å². The first kappa shape index (κ1) is 14.4. The summed E-state index contributed by atoms with van der Waals surface area (Å²) in [5, 5.41) is 8.95. The van der Waals surface area contributed by atoms with Gasteiger partial charge in [-0.1, -0.05) is 0 Å². The van der Waals surface area contributed by atoms with Gasteiger partial charge in [-0.25, -0.2) is 0 Å². The summed E-state index contributed by atoms with van der Waals surface area (Å²) in [4.78, 5) is 15.3. The second-order valence-electron chi connectivity index (χ2n) is 4.59. The zero-order chi connectivity index (χ0) is 12.8. The Hall–Kier alpha value is -0.650. The summed E-state index contributed by atoms with van der Waals surface area (Å²) in [6, 6.07) is 0.0385. The molecule has 1 aliphatic heterocycles. The molecule has 1 fully saturated rings. The molecule has 2 unspecified atom stereocenters. The summed E-state index contributed by atoms with van der Waals surface area (Å²) in [7, 11) is 0. The lowest BCUT2D eigenvalue weighted by molar-refractivity contribution is -0.143. The van der Waals surface area contributed by atoms with Gasteiger partial charge < -0.3 is 9.84 Å². The molecule has 0 radical (unpaired) electrons. The summed E-state index contributed by atoms with van der Waals surface area (Å²) >= 11 is 0. The smallest absolute Gasteiger partial charge is 0.320 e. The van der Waals surface area contributed by atoms with Gasteiger partial charge in [0.05, 0.1) is 6.61 Å². The maximum Gasteiger partial charge on any atom is 0.320 e. The number of aliphatic carboxylic acids is 1. The Balaban J connectivity index is 2.32. The van der Waals surface area contributed by atoms with Gasteiger partial charge in [-0.05, 0) is 20.8 Å². The fraction of sp³-hybridized carbons (Fsp3) is 0.917. The summed E-state index contributed by atoms with van der Waals surface area (Å²) < 4.78 is 5.41. The number of piperazine rings is 1. The van der Waals surface area contributed by atoms with E-state index in [1.165, 1.54) is 0 Å². The van der Waals surface area contributed by atoms with E-state index in [2.05, 4.69) is 11.8 Å². The first-order chi connectivity index (χ1) is 8.06. The Morgan fingerprint density at radius 2 is 1.76 bits per heavy atom. The number of carbonyl (C=O) groups is 1. The number of carboxylic acid groups (broad SMARTS) is 1. The molecule has 17 heavy (non-hydrogen) atoms. The number of nitrogens with zero attached hydrogens (tertiary/aromatic N) is 2. The third kappa shape index (κ3) is 4.26. The molecule has 2 atom stereocenters. The predicted octanol–water partition coefficient (Wildman–Crippen LogP) is 0.502. The van der Waals surface area contributed by atoms with Crippen molar-refractivity contribution in [1.29, 1.82) is 0 Å². The fourth-order valence-corrected chi connectivity index (χ4v) is 2.12. The van der Waals surface area contributed by atoms with Crippen LogP contribution in [0.4, 0.5) is 0 Å². The molecule has 1 rings (SSSR count). The van der Waals surface area contributed by atoms with Crippen molar-refractivity contribution < 1.29 is 14.6 Å². The quantitative estimate of drug-likeness (QED) is 0.737. The molecule has 5 nitrogen and oxygen atoms in total. The highest BCUT2D eigenvalue weighted by Crippen LogP contribution is 2.09. The molecular formula is C12H24N2O3. The van der Waals surface area contributed by atoms with E-state index in [1.54, 1.807) is 6.92 Å². The van der Waals surface area contributed by atoms with Crippen LogP contribution in [-0.4, -0.2) is 72.4 Å². The van der Waals surface area contributed by atoms with Crippen LogP contribution in [0.15, 0.2) is 0 Å².